The number of nitriles is 1. The highest BCUT2D eigenvalue weighted by molar-refractivity contribution is 14.1. The van der Waals surface area contributed by atoms with E-state index in [1.165, 1.54) is 27.7 Å². The van der Waals surface area contributed by atoms with Crippen molar-refractivity contribution in [1.29, 1.82) is 5.26 Å². The minimum atomic E-state index is -4.00. The summed E-state index contributed by atoms with van der Waals surface area (Å²) in [5.74, 6) is -0.442. The number of ether oxygens (including phenoxy) is 1. The van der Waals surface area contributed by atoms with E-state index in [4.69, 9.17) is 26.7 Å². The monoisotopic (exact) mass is 975 g/mol. The van der Waals surface area contributed by atoms with Gasteiger partial charge in [0.2, 0.25) is 6.43 Å². The van der Waals surface area contributed by atoms with E-state index in [0.29, 0.717) is 16.3 Å². The van der Waals surface area contributed by atoms with Crippen LogP contribution >= 0.6 is 50.1 Å². The molecule has 0 aromatic carbocycles. The average Bonchev–Trinajstić information content (AvgIpc) is 2.87. The fourth-order valence-electron chi connectivity index (χ4n) is 0. The molecule has 330 valence electrons. The summed E-state index contributed by atoms with van der Waals surface area (Å²) in [7, 11) is 1.70. The lowest BCUT2D eigenvalue weighted by atomic mass is 10.2. The molecule has 0 bridgehead atoms. The van der Waals surface area contributed by atoms with Crippen LogP contribution in [-0.2, 0) is 4.74 Å². The third-order valence-corrected chi connectivity index (χ3v) is 2.20. The van der Waals surface area contributed by atoms with Crippen molar-refractivity contribution in [1.82, 2.24) is 0 Å². The molecule has 3 nitrogen and oxygen atoms in total. The van der Waals surface area contributed by atoms with Crippen LogP contribution in [0.1, 0.15) is 159 Å². The van der Waals surface area contributed by atoms with Gasteiger partial charge in [-0.2, -0.15) is 18.4 Å². The molecular formula is C39H87BrClF7INO2. The Balaban J connectivity index is -0.0000000397. The van der Waals surface area contributed by atoms with Gasteiger partial charge in [-0.3, -0.25) is 4.39 Å². The van der Waals surface area contributed by atoms with Crippen LogP contribution in [0.15, 0.2) is 0 Å². The molecule has 0 atom stereocenters. The largest absolute Gasteiger partial charge is 0.394 e. The first-order valence-corrected chi connectivity index (χ1v) is 20.5. The summed E-state index contributed by atoms with van der Waals surface area (Å²) in [6.07, 6.45) is -6.60. The predicted molar refractivity (Wildman–Crippen MR) is 233 cm³/mol. The molecule has 0 amide bonds. The maximum absolute atomic E-state index is 11.2. The van der Waals surface area contributed by atoms with Crippen LogP contribution in [0.25, 0.3) is 0 Å². The number of halogens is 10. The van der Waals surface area contributed by atoms with Crippen molar-refractivity contribution < 1.29 is 40.6 Å². The second-order valence-corrected chi connectivity index (χ2v) is 19.5. The van der Waals surface area contributed by atoms with Gasteiger partial charge in [-0.05, 0) is 81.1 Å². The van der Waals surface area contributed by atoms with E-state index in [9.17, 15) is 30.7 Å². The van der Waals surface area contributed by atoms with Gasteiger partial charge in [-0.1, -0.05) is 129 Å². The van der Waals surface area contributed by atoms with Gasteiger partial charge in [0.15, 0.2) is 0 Å². The highest BCUT2D eigenvalue weighted by Gasteiger charge is 2.31. The lowest BCUT2D eigenvalue weighted by Crippen LogP contribution is -2.15. The molecule has 0 heterocycles. The molecule has 52 heavy (non-hydrogen) atoms. The molecule has 0 spiro atoms. The van der Waals surface area contributed by atoms with Gasteiger partial charge >= 0.3 is 6.18 Å². The molecule has 0 fully saturated rings. The second kappa shape index (κ2) is 63.4. The van der Waals surface area contributed by atoms with Gasteiger partial charge in [0.1, 0.15) is 0 Å². The molecule has 0 aliphatic carbocycles. The molecule has 0 aromatic rings. The summed E-state index contributed by atoms with van der Waals surface area (Å²) in [5.41, 5.74) is 0. The molecule has 0 rings (SSSR count). The van der Waals surface area contributed by atoms with Crippen LogP contribution < -0.4 is 0 Å². The third kappa shape index (κ3) is 457. The molecule has 0 radical (unpaired) electrons. The van der Waals surface area contributed by atoms with Crippen molar-refractivity contribution >= 4 is 50.1 Å². The Labute approximate surface area is 348 Å². The van der Waals surface area contributed by atoms with Gasteiger partial charge < -0.3 is 9.84 Å². The maximum Gasteiger partial charge on any atom is 0.391 e. The number of hydrogen-bond donors (Lipinski definition) is 1. The van der Waals surface area contributed by atoms with E-state index < -0.39 is 30.6 Å². The fourth-order valence-corrected chi connectivity index (χ4v) is 0. The molecule has 0 saturated heterocycles. The summed E-state index contributed by atoms with van der Waals surface area (Å²) >= 11 is 10.9. The third-order valence-electron chi connectivity index (χ3n) is 2.20. The Morgan fingerprint density at radius 3 is 0.827 bits per heavy atom. The van der Waals surface area contributed by atoms with Crippen molar-refractivity contribution in [3.63, 3.8) is 0 Å². The Hall–Kier alpha value is 0.420. The summed E-state index contributed by atoms with van der Waals surface area (Å²) in [6.45, 7) is 41.7. The van der Waals surface area contributed by atoms with Gasteiger partial charge in [0.05, 0.1) is 25.0 Å². The quantitative estimate of drug-likeness (QED) is 0.174. The molecule has 0 saturated carbocycles. The SMILES string of the molecule is CC(C)Br.CC(C)C.CC(C)C#N.CC(C)C(F)(F)F.CC(C)C(F)F.CC(C)CF.CC(C)Cl.CC(C)F.CC(C)I.CC(C)O.COC(C)C. The van der Waals surface area contributed by atoms with Crippen LogP contribution in [0.2, 0.25) is 0 Å². The zero-order chi connectivity index (χ0) is 45.5. The van der Waals surface area contributed by atoms with Crippen molar-refractivity contribution in [2.75, 3.05) is 13.8 Å². The van der Waals surface area contributed by atoms with Gasteiger partial charge in [-0.15, -0.1) is 11.6 Å². The minimum absolute atomic E-state index is 0.167. The first-order chi connectivity index (χ1) is 22.8. The number of methoxy groups -OCH3 is 1. The molecule has 0 aliphatic rings. The van der Waals surface area contributed by atoms with Gasteiger partial charge in [-0.25, -0.2) is 13.2 Å². The predicted octanol–water partition coefficient (Wildman–Crippen LogP) is 16.6. The maximum atomic E-state index is 11.2. The van der Waals surface area contributed by atoms with E-state index in [0.717, 1.165) is 23.7 Å². The lowest BCUT2D eigenvalue weighted by molar-refractivity contribution is -0.164. The summed E-state index contributed by atoms with van der Waals surface area (Å²) in [4.78, 5) is 0.646. The van der Waals surface area contributed by atoms with Crippen molar-refractivity contribution in [3.05, 3.63) is 0 Å². The van der Waals surface area contributed by atoms with E-state index in [1.54, 1.807) is 21.0 Å². The van der Waals surface area contributed by atoms with E-state index >= 15 is 0 Å². The smallest absolute Gasteiger partial charge is 0.391 e. The van der Waals surface area contributed by atoms with Crippen LogP contribution in [0.4, 0.5) is 30.7 Å². The standard InChI is InChI=1S/C4H7F3.C4H8F2.C4H9F.C4H7N.C4H10O.C4H10.C3H7Br.C3H7Cl.C3H7F.C3H7I.C3H8O/c1-3(2)4(5,6)7;1-3(2)4(5)6;2*1-4(2)3-5;1-4(2)5-3;1-4(2)3;5*1-3(2)4/h3H,1-2H3;3-4H,1-2H3;4H,3H2,1-2H3;4H,1-2H3;4H,1-3H3;4H,1-3H3;4*3H,1-2H3;3-4H,1-2H3. The first kappa shape index (κ1) is 80.8. The number of rotatable bonds is 3. The minimum Gasteiger partial charge on any atom is -0.394 e. The van der Waals surface area contributed by atoms with E-state index in [2.05, 4.69) is 87.0 Å². The summed E-state index contributed by atoms with van der Waals surface area (Å²) in [5, 5.41) is 16.3. The number of hydrogen-bond acceptors (Lipinski definition) is 3. The highest BCUT2D eigenvalue weighted by atomic mass is 127. The number of aliphatic hydroxyl groups excluding tert-OH is 1. The van der Waals surface area contributed by atoms with Crippen LogP contribution in [0, 0.1) is 40.9 Å². The van der Waals surface area contributed by atoms with Crippen LogP contribution in [-0.4, -0.2) is 64.0 Å². The Morgan fingerprint density at radius 1 is 0.731 bits per heavy atom. The molecule has 0 aromatic heterocycles. The number of nitrogens with zero attached hydrogens (tertiary/aromatic N) is 1. The highest BCUT2D eigenvalue weighted by Crippen LogP contribution is 2.24. The van der Waals surface area contributed by atoms with Gasteiger partial charge in [0.25, 0.3) is 0 Å². The molecule has 0 unspecified atom stereocenters. The Bertz CT molecular complexity index is 513. The van der Waals surface area contributed by atoms with Crippen molar-refractivity contribution in [3.8, 4) is 6.07 Å². The lowest BCUT2D eigenvalue weighted by Gasteiger charge is -2.07. The number of alkyl halides is 10. The van der Waals surface area contributed by atoms with Gasteiger partial charge in [0, 0.05) is 45.1 Å². The first-order valence-electron chi connectivity index (χ1n) is 17.9. The molecule has 0 aliphatic heterocycles. The van der Waals surface area contributed by atoms with E-state index in [1.807, 2.05) is 61.5 Å². The molecule has 1 N–H and O–H groups in total. The summed E-state index contributed by atoms with van der Waals surface area (Å²) < 4.78 is 83.5. The zero-order valence-electron chi connectivity index (χ0n) is 37.7. The van der Waals surface area contributed by atoms with E-state index in [-0.39, 0.29) is 24.6 Å². The average molecular weight is 977 g/mol. The molecular weight excluding hydrogens is 890 g/mol. The summed E-state index contributed by atoms with van der Waals surface area (Å²) in [6, 6.07) is 2.03. The van der Waals surface area contributed by atoms with Crippen LogP contribution in [0.3, 0.4) is 0 Å². The fraction of sp³-hybridized carbons (Fsp3) is 0.974. The zero-order valence-corrected chi connectivity index (χ0v) is 42.2. The topological polar surface area (TPSA) is 53.2 Å². The molecule has 13 heteroatoms. The van der Waals surface area contributed by atoms with Crippen molar-refractivity contribution in [2.45, 2.75) is 204 Å². The Kier molecular flexibility index (Phi) is 98.4. The van der Waals surface area contributed by atoms with Crippen LogP contribution in [0.5, 0.6) is 0 Å². The second-order valence-electron chi connectivity index (χ2n) is 14.3. The Morgan fingerprint density at radius 2 is 0.827 bits per heavy atom. The normalized spacial score (nSPS) is 9.73. The number of aliphatic hydroxyl groups is 1. The van der Waals surface area contributed by atoms with Crippen molar-refractivity contribution in [2.24, 2.45) is 29.6 Å².